The number of hydrogen-bond acceptors (Lipinski definition) is 5. The number of thiophene rings is 1. The van der Waals surface area contributed by atoms with Gasteiger partial charge in [0.05, 0.1) is 29.5 Å². The summed E-state index contributed by atoms with van der Waals surface area (Å²) in [5.41, 5.74) is 0.427. The molecule has 4 rings (SSSR count). The van der Waals surface area contributed by atoms with Crippen LogP contribution in [0.15, 0.2) is 52.2 Å². The van der Waals surface area contributed by atoms with Crippen LogP contribution in [0.25, 0.3) is 20.8 Å². The second-order valence-corrected chi connectivity index (χ2v) is 7.29. The fourth-order valence-electron chi connectivity index (χ4n) is 2.49. The van der Waals surface area contributed by atoms with Crippen molar-refractivity contribution in [1.29, 1.82) is 0 Å². The first kappa shape index (κ1) is 16.9. The number of benzene rings is 1. The van der Waals surface area contributed by atoms with E-state index in [4.69, 9.17) is 0 Å². The second-order valence-electron chi connectivity index (χ2n) is 5.54. The summed E-state index contributed by atoms with van der Waals surface area (Å²) in [7, 11) is 0. The van der Waals surface area contributed by atoms with Crippen molar-refractivity contribution in [3.8, 4) is 10.6 Å². The zero-order chi connectivity index (χ0) is 18.3. The van der Waals surface area contributed by atoms with E-state index in [-0.39, 0.29) is 12.1 Å². The molecule has 0 atom stereocenters. The fourth-order valence-corrected chi connectivity index (χ4v) is 4.03. The van der Waals surface area contributed by atoms with Gasteiger partial charge in [0.2, 0.25) is 0 Å². The van der Waals surface area contributed by atoms with Gasteiger partial charge in [-0.05, 0) is 23.6 Å². The van der Waals surface area contributed by atoms with Crippen molar-refractivity contribution >= 4 is 32.9 Å². The van der Waals surface area contributed by atoms with Crippen molar-refractivity contribution < 1.29 is 13.2 Å². The van der Waals surface area contributed by atoms with Crippen molar-refractivity contribution in [2.75, 3.05) is 0 Å². The van der Waals surface area contributed by atoms with Crippen molar-refractivity contribution in [1.82, 2.24) is 14.5 Å². The number of rotatable bonds is 3. The molecule has 0 aliphatic heterocycles. The SMILES string of the molecule is O=c1c2ccsc2ncn1Cc1csc(-c2ccc(C(F)(F)F)cc2)n1. The molecule has 0 radical (unpaired) electrons. The van der Waals surface area contributed by atoms with Crippen molar-refractivity contribution in [2.45, 2.75) is 12.7 Å². The van der Waals surface area contributed by atoms with E-state index in [1.807, 2.05) is 5.38 Å². The van der Waals surface area contributed by atoms with E-state index >= 15 is 0 Å². The molecule has 0 unspecified atom stereocenters. The Morgan fingerprint density at radius 1 is 1.08 bits per heavy atom. The van der Waals surface area contributed by atoms with Gasteiger partial charge >= 0.3 is 6.18 Å². The molecule has 0 fully saturated rings. The minimum atomic E-state index is -4.36. The van der Waals surface area contributed by atoms with Crippen LogP contribution >= 0.6 is 22.7 Å². The van der Waals surface area contributed by atoms with Gasteiger partial charge in [-0.3, -0.25) is 9.36 Å². The van der Waals surface area contributed by atoms with Gasteiger partial charge in [-0.2, -0.15) is 13.2 Å². The molecule has 0 N–H and O–H groups in total. The summed E-state index contributed by atoms with van der Waals surface area (Å²) >= 11 is 2.72. The van der Waals surface area contributed by atoms with E-state index in [9.17, 15) is 18.0 Å². The predicted molar refractivity (Wildman–Crippen MR) is 95.5 cm³/mol. The van der Waals surface area contributed by atoms with Crippen LogP contribution in [0.2, 0.25) is 0 Å². The van der Waals surface area contributed by atoms with Crippen molar-refractivity contribution in [3.63, 3.8) is 0 Å². The summed E-state index contributed by atoms with van der Waals surface area (Å²) < 4.78 is 39.4. The Bertz CT molecular complexity index is 1130. The van der Waals surface area contributed by atoms with Gasteiger partial charge in [0.1, 0.15) is 9.84 Å². The maximum absolute atomic E-state index is 12.6. The zero-order valence-electron chi connectivity index (χ0n) is 13.0. The molecule has 0 saturated heterocycles. The van der Waals surface area contributed by atoms with E-state index in [2.05, 4.69) is 9.97 Å². The van der Waals surface area contributed by atoms with Crippen LogP contribution in [0.4, 0.5) is 13.2 Å². The Kier molecular flexibility index (Phi) is 4.12. The molecule has 0 amide bonds. The molecule has 0 bridgehead atoms. The van der Waals surface area contributed by atoms with Gasteiger partial charge in [-0.1, -0.05) is 12.1 Å². The van der Waals surface area contributed by atoms with E-state index in [1.54, 1.807) is 11.4 Å². The molecule has 4 nitrogen and oxygen atoms in total. The van der Waals surface area contributed by atoms with Crippen LogP contribution in [0.1, 0.15) is 11.3 Å². The third-order valence-electron chi connectivity index (χ3n) is 3.79. The Morgan fingerprint density at radius 2 is 1.85 bits per heavy atom. The van der Waals surface area contributed by atoms with Crippen molar-refractivity contribution in [3.05, 3.63) is 69.0 Å². The lowest BCUT2D eigenvalue weighted by atomic mass is 10.1. The van der Waals surface area contributed by atoms with E-state index in [0.29, 0.717) is 26.5 Å². The number of halogens is 3. The highest BCUT2D eigenvalue weighted by molar-refractivity contribution is 7.16. The molecule has 0 saturated carbocycles. The first-order chi connectivity index (χ1) is 12.4. The highest BCUT2D eigenvalue weighted by atomic mass is 32.1. The van der Waals surface area contributed by atoms with Gasteiger partial charge in [0, 0.05) is 10.9 Å². The molecule has 0 spiro atoms. The smallest absolute Gasteiger partial charge is 0.293 e. The molecule has 1 aromatic carbocycles. The third kappa shape index (κ3) is 3.15. The van der Waals surface area contributed by atoms with E-state index < -0.39 is 11.7 Å². The van der Waals surface area contributed by atoms with Crippen LogP contribution in [0, 0.1) is 0 Å². The first-order valence-electron chi connectivity index (χ1n) is 7.46. The summed E-state index contributed by atoms with van der Waals surface area (Å²) in [6.45, 7) is 0.259. The Labute approximate surface area is 153 Å². The maximum atomic E-state index is 12.6. The van der Waals surface area contributed by atoms with Crippen LogP contribution in [-0.2, 0) is 12.7 Å². The highest BCUT2D eigenvalue weighted by Gasteiger charge is 2.30. The molecule has 9 heteroatoms. The van der Waals surface area contributed by atoms with Crippen LogP contribution in [-0.4, -0.2) is 14.5 Å². The predicted octanol–water partition coefficient (Wildman–Crippen LogP) is 4.65. The van der Waals surface area contributed by atoms with E-state index in [1.165, 1.54) is 45.7 Å². The summed E-state index contributed by atoms with van der Waals surface area (Å²) in [4.78, 5) is 21.8. The lowest BCUT2D eigenvalue weighted by Gasteiger charge is -2.06. The van der Waals surface area contributed by atoms with Crippen LogP contribution in [0.3, 0.4) is 0 Å². The third-order valence-corrected chi connectivity index (χ3v) is 5.55. The van der Waals surface area contributed by atoms with Gasteiger partial charge in [-0.25, -0.2) is 9.97 Å². The number of thiazole rings is 1. The number of hydrogen-bond donors (Lipinski definition) is 0. The Morgan fingerprint density at radius 3 is 2.58 bits per heavy atom. The molecule has 4 aromatic rings. The number of aromatic nitrogens is 3. The Balaban J connectivity index is 1.59. The molecule has 0 aliphatic carbocycles. The second kappa shape index (κ2) is 6.33. The van der Waals surface area contributed by atoms with Gasteiger partial charge in [0.15, 0.2) is 0 Å². The molecule has 132 valence electrons. The largest absolute Gasteiger partial charge is 0.416 e. The normalized spacial score (nSPS) is 12.0. The first-order valence-corrected chi connectivity index (χ1v) is 9.22. The monoisotopic (exact) mass is 393 g/mol. The summed E-state index contributed by atoms with van der Waals surface area (Å²) in [5, 5.41) is 4.77. The topological polar surface area (TPSA) is 47.8 Å². The fraction of sp³-hybridized carbons (Fsp3) is 0.118. The quantitative estimate of drug-likeness (QED) is 0.509. The number of alkyl halides is 3. The van der Waals surface area contributed by atoms with Gasteiger partial charge in [-0.15, -0.1) is 22.7 Å². The number of fused-ring (bicyclic) bond motifs is 1. The highest BCUT2D eigenvalue weighted by Crippen LogP contribution is 2.31. The molecule has 0 aliphatic rings. The van der Waals surface area contributed by atoms with Crippen LogP contribution < -0.4 is 5.56 Å². The molecule has 3 heterocycles. The van der Waals surface area contributed by atoms with Gasteiger partial charge in [0.25, 0.3) is 5.56 Å². The molecule has 26 heavy (non-hydrogen) atoms. The molecule has 3 aromatic heterocycles. The summed E-state index contributed by atoms with van der Waals surface area (Å²) in [6.07, 6.45) is -2.88. The lowest BCUT2D eigenvalue weighted by molar-refractivity contribution is -0.137. The maximum Gasteiger partial charge on any atom is 0.416 e. The van der Waals surface area contributed by atoms with E-state index in [0.717, 1.165) is 12.1 Å². The minimum absolute atomic E-state index is 0.139. The van der Waals surface area contributed by atoms with Crippen LogP contribution in [0.5, 0.6) is 0 Å². The minimum Gasteiger partial charge on any atom is -0.293 e. The Hall–Kier alpha value is -2.52. The standard InChI is InChI=1S/C17H10F3N3OS2/c18-17(19,20)11-3-1-10(2-4-11)14-22-12(8-26-14)7-23-9-21-15-13(16(23)24)5-6-25-15/h1-6,8-9H,7H2. The lowest BCUT2D eigenvalue weighted by Crippen LogP contribution is -2.20. The zero-order valence-corrected chi connectivity index (χ0v) is 14.7. The number of nitrogens with zero attached hydrogens (tertiary/aromatic N) is 3. The van der Waals surface area contributed by atoms with Crippen molar-refractivity contribution in [2.24, 2.45) is 0 Å². The average Bonchev–Trinajstić information content (AvgIpc) is 3.26. The summed E-state index contributed by atoms with van der Waals surface area (Å²) in [6, 6.07) is 6.61. The molecular weight excluding hydrogens is 383 g/mol. The van der Waals surface area contributed by atoms with Gasteiger partial charge < -0.3 is 0 Å². The molecular formula is C17H10F3N3OS2. The summed E-state index contributed by atoms with van der Waals surface area (Å²) in [5.74, 6) is 0. The average molecular weight is 393 g/mol.